The molecule has 1 aromatic carbocycles. The van der Waals surface area contributed by atoms with Crippen LogP contribution in [0.1, 0.15) is 37.7 Å². The molecule has 0 atom stereocenters. The Balaban J connectivity index is 1.72. The highest BCUT2D eigenvalue weighted by atomic mass is 16.5. The number of rotatable bonds is 11. The fraction of sp³-hybridized carbons (Fsp3) is 0.636. The SMILES string of the molecule is CN=C(NCCN(C)CCCOC)NCc1cccc(NC(=O)C2CCCC2)c1. The Kier molecular flexibility index (Phi) is 10.5. The van der Waals surface area contributed by atoms with Gasteiger partial charge in [-0.25, -0.2) is 0 Å². The van der Waals surface area contributed by atoms with Crippen LogP contribution in [0.4, 0.5) is 5.69 Å². The molecule has 1 aliphatic rings. The van der Waals surface area contributed by atoms with Crippen LogP contribution >= 0.6 is 0 Å². The van der Waals surface area contributed by atoms with Crippen LogP contribution in [0.5, 0.6) is 0 Å². The van der Waals surface area contributed by atoms with Crippen molar-refractivity contribution in [2.45, 2.75) is 38.6 Å². The van der Waals surface area contributed by atoms with Crippen LogP contribution in [0.25, 0.3) is 0 Å². The summed E-state index contributed by atoms with van der Waals surface area (Å²) in [7, 11) is 5.62. The zero-order valence-electron chi connectivity index (χ0n) is 18.2. The summed E-state index contributed by atoms with van der Waals surface area (Å²) in [5, 5.41) is 9.74. The third kappa shape index (κ3) is 8.83. The maximum atomic E-state index is 12.3. The Hall–Kier alpha value is -2.12. The van der Waals surface area contributed by atoms with Gasteiger partial charge in [0.2, 0.25) is 5.91 Å². The maximum Gasteiger partial charge on any atom is 0.227 e. The van der Waals surface area contributed by atoms with Crippen LogP contribution in [0.2, 0.25) is 0 Å². The summed E-state index contributed by atoms with van der Waals surface area (Å²) in [6, 6.07) is 8.00. The van der Waals surface area contributed by atoms with E-state index in [2.05, 4.69) is 39.0 Å². The largest absolute Gasteiger partial charge is 0.385 e. The molecule has 1 saturated carbocycles. The molecule has 1 aliphatic carbocycles. The summed E-state index contributed by atoms with van der Waals surface area (Å²) in [5.41, 5.74) is 1.97. The highest BCUT2D eigenvalue weighted by Crippen LogP contribution is 2.26. The lowest BCUT2D eigenvalue weighted by molar-refractivity contribution is -0.119. The van der Waals surface area contributed by atoms with E-state index in [1.807, 2.05) is 18.2 Å². The fourth-order valence-corrected chi connectivity index (χ4v) is 3.55. The molecule has 3 N–H and O–H groups in total. The van der Waals surface area contributed by atoms with Crippen LogP contribution in [-0.4, -0.2) is 64.2 Å². The van der Waals surface area contributed by atoms with Gasteiger partial charge >= 0.3 is 0 Å². The molecule has 1 amide bonds. The lowest BCUT2D eigenvalue weighted by Crippen LogP contribution is -2.40. The van der Waals surface area contributed by atoms with E-state index in [-0.39, 0.29) is 11.8 Å². The number of carbonyl (C=O) groups excluding carboxylic acids is 1. The van der Waals surface area contributed by atoms with Gasteiger partial charge in [-0.1, -0.05) is 25.0 Å². The van der Waals surface area contributed by atoms with Crippen molar-refractivity contribution in [3.63, 3.8) is 0 Å². The number of nitrogens with zero attached hydrogens (tertiary/aromatic N) is 2. The number of amides is 1. The highest BCUT2D eigenvalue weighted by molar-refractivity contribution is 5.92. The van der Waals surface area contributed by atoms with Gasteiger partial charge in [0.05, 0.1) is 0 Å². The van der Waals surface area contributed by atoms with E-state index in [9.17, 15) is 4.79 Å². The Bertz CT molecular complexity index is 644. The van der Waals surface area contributed by atoms with E-state index in [1.54, 1.807) is 14.2 Å². The lowest BCUT2D eigenvalue weighted by atomic mass is 10.1. The predicted octanol–water partition coefficient (Wildman–Crippen LogP) is 2.45. The van der Waals surface area contributed by atoms with Crippen molar-refractivity contribution < 1.29 is 9.53 Å². The molecule has 1 fully saturated rings. The minimum atomic E-state index is 0.153. The number of anilines is 1. The first kappa shape index (κ1) is 23.2. The average Bonchev–Trinajstić information content (AvgIpc) is 3.26. The number of likely N-dealkylation sites (N-methyl/N-ethyl adjacent to an activating group) is 1. The third-order valence-corrected chi connectivity index (χ3v) is 5.28. The first-order chi connectivity index (χ1) is 14.1. The molecule has 2 rings (SSSR count). The van der Waals surface area contributed by atoms with Crippen LogP contribution in [-0.2, 0) is 16.1 Å². The van der Waals surface area contributed by atoms with E-state index < -0.39 is 0 Å². The van der Waals surface area contributed by atoms with Crippen molar-refractivity contribution in [3.05, 3.63) is 29.8 Å². The van der Waals surface area contributed by atoms with Crippen LogP contribution in [0, 0.1) is 5.92 Å². The Morgan fingerprint density at radius 3 is 2.76 bits per heavy atom. The van der Waals surface area contributed by atoms with Gasteiger partial charge in [0.15, 0.2) is 5.96 Å². The van der Waals surface area contributed by atoms with Crippen molar-refractivity contribution in [1.82, 2.24) is 15.5 Å². The molecule has 0 aliphatic heterocycles. The molecular formula is C22H37N5O2. The number of carbonyl (C=O) groups is 1. The normalized spacial score (nSPS) is 15.0. The van der Waals surface area contributed by atoms with Gasteiger partial charge in [-0.3, -0.25) is 9.79 Å². The zero-order valence-corrected chi connectivity index (χ0v) is 18.2. The molecule has 0 spiro atoms. The van der Waals surface area contributed by atoms with Crippen molar-refractivity contribution in [2.24, 2.45) is 10.9 Å². The predicted molar refractivity (Wildman–Crippen MR) is 119 cm³/mol. The summed E-state index contributed by atoms with van der Waals surface area (Å²) in [6.45, 7) is 4.21. The average molecular weight is 404 g/mol. The van der Waals surface area contributed by atoms with Crippen molar-refractivity contribution >= 4 is 17.6 Å². The van der Waals surface area contributed by atoms with Crippen molar-refractivity contribution in [3.8, 4) is 0 Å². The summed E-state index contributed by atoms with van der Waals surface area (Å²) >= 11 is 0. The number of aliphatic imine (C=N–C) groups is 1. The molecule has 0 radical (unpaired) electrons. The standard InChI is InChI=1S/C22H37N5O2/c1-23-22(24-12-14-27(2)13-7-15-29-3)25-17-18-8-6-11-20(16-18)26-21(28)19-9-4-5-10-19/h6,8,11,16,19H,4-5,7,9-10,12-15,17H2,1-3H3,(H,26,28)(H2,23,24,25). The summed E-state index contributed by atoms with van der Waals surface area (Å²) in [6.07, 6.45) is 5.38. The monoisotopic (exact) mass is 403 g/mol. The second-order valence-electron chi connectivity index (χ2n) is 7.67. The number of methoxy groups -OCH3 is 1. The molecule has 0 bridgehead atoms. The maximum absolute atomic E-state index is 12.3. The topological polar surface area (TPSA) is 78.0 Å². The summed E-state index contributed by atoms with van der Waals surface area (Å²) < 4.78 is 5.09. The molecule has 7 nitrogen and oxygen atoms in total. The van der Waals surface area contributed by atoms with Gasteiger partial charge < -0.3 is 25.6 Å². The molecule has 0 saturated heterocycles. The van der Waals surface area contributed by atoms with E-state index in [0.717, 1.165) is 75.6 Å². The summed E-state index contributed by atoms with van der Waals surface area (Å²) in [4.78, 5) is 18.9. The van der Waals surface area contributed by atoms with E-state index in [4.69, 9.17) is 4.74 Å². The van der Waals surface area contributed by atoms with E-state index in [1.165, 1.54) is 0 Å². The number of ether oxygens (including phenoxy) is 1. The fourth-order valence-electron chi connectivity index (χ4n) is 3.55. The van der Waals surface area contributed by atoms with E-state index in [0.29, 0.717) is 6.54 Å². The highest BCUT2D eigenvalue weighted by Gasteiger charge is 2.22. The number of hydrogen-bond acceptors (Lipinski definition) is 4. The molecule has 0 unspecified atom stereocenters. The molecule has 0 aromatic heterocycles. The lowest BCUT2D eigenvalue weighted by Gasteiger charge is -2.18. The van der Waals surface area contributed by atoms with Gasteiger partial charge in [-0.15, -0.1) is 0 Å². The second-order valence-corrected chi connectivity index (χ2v) is 7.67. The summed E-state index contributed by atoms with van der Waals surface area (Å²) in [5.74, 6) is 1.10. The smallest absolute Gasteiger partial charge is 0.227 e. The third-order valence-electron chi connectivity index (χ3n) is 5.28. The zero-order chi connectivity index (χ0) is 20.9. The van der Waals surface area contributed by atoms with E-state index >= 15 is 0 Å². The molecule has 7 heteroatoms. The van der Waals surface area contributed by atoms with Gasteiger partial charge in [-0.05, 0) is 44.0 Å². The van der Waals surface area contributed by atoms with Gasteiger partial charge in [0.25, 0.3) is 0 Å². The van der Waals surface area contributed by atoms with Crippen molar-refractivity contribution in [2.75, 3.05) is 52.8 Å². The van der Waals surface area contributed by atoms with Crippen LogP contribution < -0.4 is 16.0 Å². The number of benzene rings is 1. The Morgan fingerprint density at radius 2 is 2.03 bits per heavy atom. The van der Waals surface area contributed by atoms with Gasteiger partial charge in [0, 0.05) is 58.5 Å². The first-order valence-corrected chi connectivity index (χ1v) is 10.6. The Morgan fingerprint density at radius 1 is 1.24 bits per heavy atom. The molecule has 0 heterocycles. The molecule has 1 aromatic rings. The van der Waals surface area contributed by atoms with Crippen LogP contribution in [0.15, 0.2) is 29.3 Å². The molecular weight excluding hydrogens is 366 g/mol. The van der Waals surface area contributed by atoms with Gasteiger partial charge in [0.1, 0.15) is 0 Å². The number of nitrogens with one attached hydrogen (secondary N) is 3. The minimum Gasteiger partial charge on any atom is -0.385 e. The van der Waals surface area contributed by atoms with Gasteiger partial charge in [-0.2, -0.15) is 0 Å². The van der Waals surface area contributed by atoms with Crippen LogP contribution in [0.3, 0.4) is 0 Å². The molecule has 162 valence electrons. The Labute approximate surface area is 175 Å². The number of hydrogen-bond donors (Lipinski definition) is 3. The number of guanidine groups is 1. The minimum absolute atomic E-state index is 0.153. The van der Waals surface area contributed by atoms with Crippen molar-refractivity contribution in [1.29, 1.82) is 0 Å². The quantitative estimate of drug-likeness (QED) is 0.301. The molecule has 29 heavy (non-hydrogen) atoms. The first-order valence-electron chi connectivity index (χ1n) is 10.6. The second kappa shape index (κ2) is 13.2.